The standard InChI is InChI=1S/C15H21NO2.ClH/c17-15(18)7-4-10-16-11-8-14(9-12-16)13-5-2-1-3-6-13;/h1-3,5-6,14H,4,7-12H2,(H,17,18);1H. The first-order valence-corrected chi connectivity index (χ1v) is 6.75. The van der Waals surface area contributed by atoms with Gasteiger partial charge >= 0.3 is 5.97 Å². The lowest BCUT2D eigenvalue weighted by Crippen LogP contribution is -2.33. The molecular weight excluding hydrogens is 262 g/mol. The summed E-state index contributed by atoms with van der Waals surface area (Å²) in [7, 11) is 0. The van der Waals surface area contributed by atoms with Gasteiger partial charge in [-0.05, 0) is 50.4 Å². The first-order chi connectivity index (χ1) is 8.75. The van der Waals surface area contributed by atoms with Crippen LogP contribution in [0.5, 0.6) is 0 Å². The van der Waals surface area contributed by atoms with E-state index in [9.17, 15) is 4.79 Å². The monoisotopic (exact) mass is 283 g/mol. The number of nitrogens with zero attached hydrogens (tertiary/aromatic N) is 1. The quantitative estimate of drug-likeness (QED) is 0.902. The van der Waals surface area contributed by atoms with Gasteiger partial charge in [-0.3, -0.25) is 4.79 Å². The van der Waals surface area contributed by atoms with Crippen LogP contribution < -0.4 is 0 Å². The first-order valence-electron chi connectivity index (χ1n) is 6.75. The lowest BCUT2D eigenvalue weighted by molar-refractivity contribution is -0.137. The molecule has 0 spiro atoms. The van der Waals surface area contributed by atoms with E-state index >= 15 is 0 Å². The van der Waals surface area contributed by atoms with Crippen molar-refractivity contribution >= 4 is 18.4 Å². The zero-order valence-electron chi connectivity index (χ0n) is 11.1. The molecule has 0 aliphatic carbocycles. The Kier molecular flexibility index (Phi) is 6.89. The third-order valence-electron chi connectivity index (χ3n) is 3.72. The molecular formula is C15H22ClNO2. The number of hydrogen-bond donors (Lipinski definition) is 1. The van der Waals surface area contributed by atoms with Crippen LogP contribution in [0.4, 0.5) is 0 Å². The molecule has 1 saturated heterocycles. The molecule has 1 N–H and O–H groups in total. The summed E-state index contributed by atoms with van der Waals surface area (Å²) in [6.07, 6.45) is 3.44. The number of rotatable bonds is 5. The number of halogens is 1. The van der Waals surface area contributed by atoms with Crippen molar-refractivity contribution in [3.05, 3.63) is 35.9 Å². The Morgan fingerprint density at radius 3 is 2.42 bits per heavy atom. The number of hydrogen-bond acceptors (Lipinski definition) is 2. The lowest BCUT2D eigenvalue weighted by atomic mass is 9.89. The van der Waals surface area contributed by atoms with Crippen LogP contribution in [0.3, 0.4) is 0 Å². The van der Waals surface area contributed by atoms with Crippen molar-refractivity contribution in [2.75, 3.05) is 19.6 Å². The van der Waals surface area contributed by atoms with Gasteiger partial charge in [0.15, 0.2) is 0 Å². The van der Waals surface area contributed by atoms with Crippen LogP contribution in [0.15, 0.2) is 30.3 Å². The number of likely N-dealkylation sites (tertiary alicyclic amines) is 1. The van der Waals surface area contributed by atoms with Crippen molar-refractivity contribution in [1.29, 1.82) is 0 Å². The maximum absolute atomic E-state index is 10.5. The highest BCUT2D eigenvalue weighted by Crippen LogP contribution is 2.27. The van der Waals surface area contributed by atoms with Gasteiger partial charge in [-0.15, -0.1) is 12.4 Å². The number of aliphatic carboxylic acids is 1. The second-order valence-corrected chi connectivity index (χ2v) is 5.02. The van der Waals surface area contributed by atoms with Gasteiger partial charge < -0.3 is 10.0 Å². The number of carboxylic acids is 1. The van der Waals surface area contributed by atoms with E-state index in [0.29, 0.717) is 12.3 Å². The maximum atomic E-state index is 10.5. The summed E-state index contributed by atoms with van der Waals surface area (Å²) < 4.78 is 0. The highest BCUT2D eigenvalue weighted by molar-refractivity contribution is 5.85. The molecule has 1 aromatic rings. The fourth-order valence-corrected chi connectivity index (χ4v) is 2.67. The number of carbonyl (C=O) groups is 1. The van der Waals surface area contributed by atoms with Crippen LogP contribution in [0.25, 0.3) is 0 Å². The number of benzene rings is 1. The molecule has 0 atom stereocenters. The topological polar surface area (TPSA) is 40.5 Å². The lowest BCUT2D eigenvalue weighted by Gasteiger charge is -2.32. The average molecular weight is 284 g/mol. The fraction of sp³-hybridized carbons (Fsp3) is 0.533. The van der Waals surface area contributed by atoms with Crippen molar-refractivity contribution in [2.24, 2.45) is 0 Å². The molecule has 0 bridgehead atoms. The zero-order valence-corrected chi connectivity index (χ0v) is 11.9. The Labute approximate surface area is 121 Å². The number of piperidine rings is 1. The number of carboxylic acid groups (broad SMARTS) is 1. The third-order valence-corrected chi connectivity index (χ3v) is 3.72. The minimum absolute atomic E-state index is 0. The molecule has 3 nitrogen and oxygen atoms in total. The summed E-state index contributed by atoms with van der Waals surface area (Å²) in [5.74, 6) is -0.00362. The normalized spacial score (nSPS) is 16.8. The van der Waals surface area contributed by atoms with E-state index in [1.807, 2.05) is 0 Å². The summed E-state index contributed by atoms with van der Waals surface area (Å²) >= 11 is 0. The molecule has 1 aromatic carbocycles. The Morgan fingerprint density at radius 1 is 1.21 bits per heavy atom. The highest BCUT2D eigenvalue weighted by atomic mass is 35.5. The largest absolute Gasteiger partial charge is 0.481 e. The summed E-state index contributed by atoms with van der Waals surface area (Å²) in [6, 6.07) is 10.7. The van der Waals surface area contributed by atoms with Crippen molar-refractivity contribution in [2.45, 2.75) is 31.6 Å². The molecule has 0 unspecified atom stereocenters. The second kappa shape index (κ2) is 8.18. The van der Waals surface area contributed by atoms with E-state index in [1.54, 1.807) is 0 Å². The minimum atomic E-state index is -0.686. The van der Waals surface area contributed by atoms with Crippen molar-refractivity contribution in [3.8, 4) is 0 Å². The van der Waals surface area contributed by atoms with Crippen LogP contribution in [0, 0.1) is 0 Å². The van der Waals surface area contributed by atoms with E-state index in [0.717, 1.165) is 26.1 Å². The van der Waals surface area contributed by atoms with Crippen molar-refractivity contribution < 1.29 is 9.90 Å². The Bertz CT molecular complexity index is 375. The smallest absolute Gasteiger partial charge is 0.303 e. The summed E-state index contributed by atoms with van der Waals surface area (Å²) in [4.78, 5) is 12.9. The van der Waals surface area contributed by atoms with E-state index in [-0.39, 0.29) is 12.4 Å². The first kappa shape index (κ1) is 16.0. The van der Waals surface area contributed by atoms with Crippen LogP contribution in [0.2, 0.25) is 0 Å². The average Bonchev–Trinajstić information content (AvgIpc) is 2.40. The Balaban J connectivity index is 0.00000180. The SMILES string of the molecule is Cl.O=C(O)CCCN1CCC(c2ccccc2)CC1. The van der Waals surface area contributed by atoms with Crippen molar-refractivity contribution in [1.82, 2.24) is 4.90 Å². The molecule has 0 aromatic heterocycles. The predicted octanol–water partition coefficient (Wildman–Crippen LogP) is 3.15. The van der Waals surface area contributed by atoms with E-state index in [4.69, 9.17) is 5.11 Å². The second-order valence-electron chi connectivity index (χ2n) is 5.02. The molecule has 0 amide bonds. The van der Waals surface area contributed by atoms with Gasteiger partial charge in [0.25, 0.3) is 0 Å². The van der Waals surface area contributed by atoms with Gasteiger partial charge in [0.2, 0.25) is 0 Å². The molecule has 1 aliphatic heterocycles. The van der Waals surface area contributed by atoms with Gasteiger partial charge in [-0.2, -0.15) is 0 Å². The molecule has 0 saturated carbocycles. The Hall–Kier alpha value is -1.06. The third kappa shape index (κ3) is 5.21. The summed E-state index contributed by atoms with van der Waals surface area (Å²) in [5.41, 5.74) is 1.45. The van der Waals surface area contributed by atoms with Crippen LogP contribution >= 0.6 is 12.4 Å². The van der Waals surface area contributed by atoms with E-state index in [2.05, 4.69) is 35.2 Å². The summed E-state index contributed by atoms with van der Waals surface area (Å²) in [5, 5.41) is 8.62. The minimum Gasteiger partial charge on any atom is -0.481 e. The van der Waals surface area contributed by atoms with Crippen LogP contribution in [0.1, 0.15) is 37.2 Å². The van der Waals surface area contributed by atoms with Gasteiger partial charge in [0.05, 0.1) is 0 Å². The fourth-order valence-electron chi connectivity index (χ4n) is 2.67. The molecule has 1 heterocycles. The van der Waals surface area contributed by atoms with Gasteiger partial charge in [-0.1, -0.05) is 30.3 Å². The van der Waals surface area contributed by atoms with Crippen LogP contribution in [-0.4, -0.2) is 35.6 Å². The van der Waals surface area contributed by atoms with Gasteiger partial charge in [-0.25, -0.2) is 0 Å². The molecule has 2 rings (SSSR count). The molecule has 19 heavy (non-hydrogen) atoms. The molecule has 106 valence electrons. The zero-order chi connectivity index (χ0) is 12.8. The highest BCUT2D eigenvalue weighted by Gasteiger charge is 2.19. The van der Waals surface area contributed by atoms with Crippen molar-refractivity contribution in [3.63, 3.8) is 0 Å². The molecule has 0 radical (unpaired) electrons. The maximum Gasteiger partial charge on any atom is 0.303 e. The molecule has 4 heteroatoms. The predicted molar refractivity (Wildman–Crippen MR) is 79.0 cm³/mol. The Morgan fingerprint density at radius 2 is 1.84 bits per heavy atom. The van der Waals surface area contributed by atoms with Gasteiger partial charge in [0, 0.05) is 6.42 Å². The van der Waals surface area contributed by atoms with E-state index < -0.39 is 5.97 Å². The van der Waals surface area contributed by atoms with Crippen LogP contribution in [-0.2, 0) is 4.79 Å². The molecule has 1 fully saturated rings. The van der Waals surface area contributed by atoms with E-state index in [1.165, 1.54) is 18.4 Å². The summed E-state index contributed by atoms with van der Waals surface area (Å²) in [6.45, 7) is 3.12. The molecule has 1 aliphatic rings. The van der Waals surface area contributed by atoms with Gasteiger partial charge in [0.1, 0.15) is 0 Å².